The maximum atomic E-state index is 13.0. The maximum absolute atomic E-state index is 13.0. The van der Waals surface area contributed by atoms with Crippen LogP contribution in [0.3, 0.4) is 0 Å². The average molecular weight is 426 g/mol. The molecule has 2 unspecified atom stereocenters. The molecule has 2 aromatic carbocycles. The molecule has 2 heterocycles. The Morgan fingerprint density at radius 1 is 1.20 bits per heavy atom. The molecule has 0 saturated carbocycles. The van der Waals surface area contributed by atoms with Gasteiger partial charge in [0.2, 0.25) is 0 Å². The van der Waals surface area contributed by atoms with Gasteiger partial charge in [-0.05, 0) is 54.8 Å². The van der Waals surface area contributed by atoms with Crippen LogP contribution in [0, 0.1) is 0 Å². The third-order valence-corrected chi connectivity index (χ3v) is 5.90. The number of Topliss-reactive ketones (excluding diaryl/α,β-unsaturated/α-hetero) is 1. The highest BCUT2D eigenvalue weighted by atomic mass is 35.5. The number of benzene rings is 2. The number of halogens is 1. The average Bonchev–Trinajstić information content (AvgIpc) is 3.22. The van der Waals surface area contributed by atoms with Crippen molar-refractivity contribution >= 4 is 29.1 Å². The monoisotopic (exact) mass is 425 g/mol. The molecule has 4 rings (SSSR count). The second kappa shape index (κ2) is 8.15. The largest absolute Gasteiger partial charge is 0.507 e. The molecule has 1 amide bonds. The first-order valence-electron chi connectivity index (χ1n) is 10.2. The fraction of sp³-hybridized carbons (Fsp3) is 0.333. The number of nitrogens with zero attached hydrogens (tertiary/aromatic N) is 1. The number of likely N-dealkylation sites (tertiary alicyclic amines) is 1. The molecule has 0 radical (unpaired) electrons. The fourth-order valence-corrected chi connectivity index (χ4v) is 4.28. The summed E-state index contributed by atoms with van der Waals surface area (Å²) in [4.78, 5) is 27.3. The van der Waals surface area contributed by atoms with Gasteiger partial charge >= 0.3 is 0 Å². The van der Waals surface area contributed by atoms with Crippen LogP contribution in [-0.4, -0.2) is 34.3 Å². The molecule has 6 heteroatoms. The van der Waals surface area contributed by atoms with E-state index in [0.29, 0.717) is 17.1 Å². The number of amides is 1. The lowest BCUT2D eigenvalue weighted by Crippen LogP contribution is -2.30. The van der Waals surface area contributed by atoms with Gasteiger partial charge < -0.3 is 14.7 Å². The molecule has 5 nitrogen and oxygen atoms in total. The van der Waals surface area contributed by atoms with Crippen LogP contribution in [0.25, 0.3) is 5.76 Å². The van der Waals surface area contributed by atoms with Gasteiger partial charge in [0, 0.05) is 23.6 Å². The van der Waals surface area contributed by atoms with E-state index < -0.39 is 17.7 Å². The van der Waals surface area contributed by atoms with E-state index in [1.54, 1.807) is 41.3 Å². The van der Waals surface area contributed by atoms with Crippen LogP contribution >= 0.6 is 11.6 Å². The summed E-state index contributed by atoms with van der Waals surface area (Å²) in [6, 6.07) is 11.8. The molecule has 0 aliphatic carbocycles. The smallest absolute Gasteiger partial charge is 0.295 e. The highest BCUT2D eigenvalue weighted by Crippen LogP contribution is 2.41. The van der Waals surface area contributed by atoms with Crippen LogP contribution < -0.4 is 4.74 Å². The van der Waals surface area contributed by atoms with E-state index >= 15 is 0 Å². The quantitative estimate of drug-likeness (QED) is 0.421. The molecule has 1 saturated heterocycles. The summed E-state index contributed by atoms with van der Waals surface area (Å²) >= 11 is 6.04. The number of carbonyl (C=O) groups excluding carboxylic acids is 2. The van der Waals surface area contributed by atoms with Crippen LogP contribution in [0.5, 0.6) is 5.75 Å². The van der Waals surface area contributed by atoms with E-state index in [1.165, 1.54) is 0 Å². The van der Waals surface area contributed by atoms with Crippen LogP contribution in [0.2, 0.25) is 5.02 Å². The summed E-state index contributed by atoms with van der Waals surface area (Å²) in [5, 5.41) is 11.7. The predicted octanol–water partition coefficient (Wildman–Crippen LogP) is 4.89. The minimum absolute atomic E-state index is 0.0751. The topological polar surface area (TPSA) is 66.8 Å². The molecule has 2 aliphatic heterocycles. The molecule has 0 bridgehead atoms. The lowest BCUT2D eigenvalue weighted by molar-refractivity contribution is -0.139. The van der Waals surface area contributed by atoms with Crippen molar-refractivity contribution in [3.05, 3.63) is 69.8 Å². The molecule has 1 N–H and O–H groups in total. The number of carbonyl (C=O) groups is 2. The molecular weight excluding hydrogens is 402 g/mol. The summed E-state index contributed by atoms with van der Waals surface area (Å²) < 4.78 is 5.73. The number of aliphatic hydroxyl groups is 1. The van der Waals surface area contributed by atoms with E-state index in [1.807, 2.05) is 19.9 Å². The lowest BCUT2D eigenvalue weighted by atomic mass is 9.94. The Morgan fingerprint density at radius 2 is 1.93 bits per heavy atom. The van der Waals surface area contributed by atoms with Gasteiger partial charge in [0.15, 0.2) is 0 Å². The van der Waals surface area contributed by atoms with Gasteiger partial charge in [-0.3, -0.25) is 9.59 Å². The van der Waals surface area contributed by atoms with Crippen molar-refractivity contribution in [3.63, 3.8) is 0 Å². The Labute approximate surface area is 180 Å². The Kier molecular flexibility index (Phi) is 5.56. The number of ketones is 1. The van der Waals surface area contributed by atoms with Crippen LogP contribution in [0.4, 0.5) is 0 Å². The minimum Gasteiger partial charge on any atom is -0.507 e. The van der Waals surface area contributed by atoms with Crippen molar-refractivity contribution in [2.24, 2.45) is 0 Å². The normalized spacial score (nSPS) is 22.3. The molecule has 2 aliphatic rings. The summed E-state index contributed by atoms with van der Waals surface area (Å²) in [6.45, 7) is 4.46. The number of fused-ring (bicyclic) bond motifs is 1. The van der Waals surface area contributed by atoms with Crippen molar-refractivity contribution in [1.29, 1.82) is 0 Å². The zero-order chi connectivity index (χ0) is 21.4. The van der Waals surface area contributed by atoms with Gasteiger partial charge in [0.25, 0.3) is 11.7 Å². The van der Waals surface area contributed by atoms with E-state index in [9.17, 15) is 14.7 Å². The number of hydrogen-bond acceptors (Lipinski definition) is 4. The van der Waals surface area contributed by atoms with Gasteiger partial charge in [-0.1, -0.05) is 37.1 Å². The zero-order valence-corrected chi connectivity index (χ0v) is 17.8. The molecule has 2 atom stereocenters. The highest BCUT2D eigenvalue weighted by molar-refractivity contribution is 6.46. The molecule has 30 heavy (non-hydrogen) atoms. The van der Waals surface area contributed by atoms with Crippen molar-refractivity contribution in [2.45, 2.75) is 45.3 Å². The molecular formula is C24H24ClNO4. The molecule has 156 valence electrons. The first-order valence-corrected chi connectivity index (χ1v) is 10.6. The van der Waals surface area contributed by atoms with E-state index in [2.05, 4.69) is 0 Å². The fourth-order valence-electron chi connectivity index (χ4n) is 4.16. The van der Waals surface area contributed by atoms with Gasteiger partial charge in [-0.2, -0.15) is 0 Å². The number of hydrogen-bond donors (Lipinski definition) is 1. The van der Waals surface area contributed by atoms with Crippen molar-refractivity contribution in [1.82, 2.24) is 4.90 Å². The number of rotatable bonds is 5. The van der Waals surface area contributed by atoms with Crippen LogP contribution in [0.15, 0.2) is 48.0 Å². The number of aliphatic hydroxyl groups excluding tert-OH is 1. The van der Waals surface area contributed by atoms with Crippen molar-refractivity contribution in [3.8, 4) is 5.75 Å². The third-order valence-electron chi connectivity index (χ3n) is 5.65. The molecule has 0 spiro atoms. The molecule has 2 aromatic rings. The van der Waals surface area contributed by atoms with Crippen molar-refractivity contribution < 1.29 is 19.4 Å². The first-order chi connectivity index (χ1) is 14.4. The van der Waals surface area contributed by atoms with Gasteiger partial charge in [0.1, 0.15) is 17.6 Å². The summed E-state index contributed by atoms with van der Waals surface area (Å²) in [7, 11) is 0. The molecule has 1 fully saturated rings. The minimum atomic E-state index is -0.659. The van der Waals surface area contributed by atoms with E-state index in [0.717, 1.165) is 36.1 Å². The first kappa shape index (κ1) is 20.5. The van der Waals surface area contributed by atoms with Gasteiger partial charge in [0.05, 0.1) is 11.6 Å². The number of ether oxygens (including phenoxy) is 1. The second-order valence-corrected chi connectivity index (χ2v) is 8.29. The zero-order valence-electron chi connectivity index (χ0n) is 17.0. The standard InChI is InChI=1S/C24H24ClNO4/c1-3-4-11-26-21(15-5-8-18(25)9-6-15)20(23(28)24(26)29)22(27)16-7-10-19-17(13-16)12-14(2)30-19/h5-10,13-14,21,27H,3-4,11-12H2,1-2H3/b22-20-. The highest BCUT2D eigenvalue weighted by Gasteiger charge is 2.45. The summed E-state index contributed by atoms with van der Waals surface area (Å²) in [5.74, 6) is -0.608. The summed E-state index contributed by atoms with van der Waals surface area (Å²) in [5.41, 5.74) is 2.36. The van der Waals surface area contributed by atoms with Gasteiger partial charge in [-0.25, -0.2) is 0 Å². The summed E-state index contributed by atoms with van der Waals surface area (Å²) in [6.07, 6.45) is 2.47. The number of unbranched alkanes of at least 4 members (excludes halogenated alkanes) is 1. The van der Waals surface area contributed by atoms with Crippen LogP contribution in [0.1, 0.15) is 49.4 Å². The second-order valence-electron chi connectivity index (χ2n) is 7.85. The molecule has 0 aromatic heterocycles. The van der Waals surface area contributed by atoms with Crippen LogP contribution in [-0.2, 0) is 16.0 Å². The Morgan fingerprint density at radius 3 is 2.63 bits per heavy atom. The SMILES string of the molecule is CCCCN1C(=O)C(=O)/C(=C(\O)c2ccc3c(c2)CC(C)O3)C1c1ccc(Cl)cc1. The van der Waals surface area contributed by atoms with Crippen molar-refractivity contribution in [2.75, 3.05) is 6.54 Å². The Balaban J connectivity index is 1.82. The Hall–Kier alpha value is -2.79. The third kappa shape index (κ3) is 3.58. The van der Waals surface area contributed by atoms with E-state index in [-0.39, 0.29) is 17.4 Å². The predicted molar refractivity (Wildman–Crippen MR) is 116 cm³/mol. The van der Waals surface area contributed by atoms with E-state index in [4.69, 9.17) is 16.3 Å². The van der Waals surface area contributed by atoms with Gasteiger partial charge in [-0.15, -0.1) is 0 Å². The lowest BCUT2D eigenvalue weighted by Gasteiger charge is -2.25. The maximum Gasteiger partial charge on any atom is 0.295 e. The Bertz CT molecular complexity index is 1030.